The molecule has 0 aliphatic carbocycles. The maximum Gasteiger partial charge on any atom is 0.335 e. The van der Waals surface area contributed by atoms with Gasteiger partial charge in [-0.25, -0.2) is 4.79 Å². The topological polar surface area (TPSA) is 76.1 Å². The second kappa shape index (κ2) is 8.01. The van der Waals surface area contributed by atoms with Gasteiger partial charge in [-0.1, -0.05) is 24.3 Å². The van der Waals surface area contributed by atoms with Crippen molar-refractivity contribution in [2.24, 2.45) is 0 Å². The molecular weight excluding hydrogens is 334 g/mol. The number of methoxy groups -OCH3 is 1. The van der Waals surface area contributed by atoms with Crippen LogP contribution in [-0.2, 0) is 16.0 Å². The van der Waals surface area contributed by atoms with E-state index >= 15 is 0 Å². The van der Waals surface area contributed by atoms with Gasteiger partial charge in [-0.15, -0.1) is 0 Å². The maximum atomic E-state index is 12.6. The molecule has 1 heterocycles. The molecule has 1 fully saturated rings. The number of nitrogens with zero attached hydrogens (tertiary/aromatic N) is 1. The fourth-order valence-corrected chi connectivity index (χ4v) is 2.97. The Kier molecular flexibility index (Phi) is 5.53. The van der Waals surface area contributed by atoms with Crippen LogP contribution in [0.2, 0.25) is 0 Å². The summed E-state index contributed by atoms with van der Waals surface area (Å²) < 4.78 is 11.1. The molecule has 0 spiro atoms. The lowest BCUT2D eigenvalue weighted by molar-refractivity contribution is -0.138. The molecule has 1 atom stereocenters. The third-order valence-corrected chi connectivity index (χ3v) is 4.44. The Morgan fingerprint density at radius 3 is 2.69 bits per heavy atom. The van der Waals surface area contributed by atoms with Crippen LogP contribution in [0.15, 0.2) is 48.5 Å². The fraction of sp³-hybridized carbons (Fsp3) is 0.300. The van der Waals surface area contributed by atoms with Gasteiger partial charge in [0.2, 0.25) is 5.91 Å². The number of carboxylic acids is 1. The molecule has 2 aromatic rings. The van der Waals surface area contributed by atoms with E-state index in [4.69, 9.17) is 14.6 Å². The third-order valence-electron chi connectivity index (χ3n) is 4.44. The Bertz CT molecular complexity index is 787. The number of carboxylic acid groups (broad SMARTS) is 1. The van der Waals surface area contributed by atoms with Crippen molar-refractivity contribution in [3.05, 3.63) is 65.2 Å². The summed E-state index contributed by atoms with van der Waals surface area (Å²) in [6, 6.07) is 14.1. The Balaban J connectivity index is 1.64. The van der Waals surface area contributed by atoms with Crippen LogP contribution < -0.4 is 4.74 Å². The minimum absolute atomic E-state index is 0.00395. The van der Waals surface area contributed by atoms with Gasteiger partial charge in [-0.05, 0) is 35.4 Å². The summed E-state index contributed by atoms with van der Waals surface area (Å²) in [6.07, 6.45) is 0.0576. The number of hydrogen-bond donors (Lipinski definition) is 1. The summed E-state index contributed by atoms with van der Waals surface area (Å²) >= 11 is 0. The molecular formula is C20H21NO5. The number of carbonyl (C=O) groups excluding carboxylic acids is 1. The van der Waals surface area contributed by atoms with Crippen molar-refractivity contribution >= 4 is 11.9 Å². The Labute approximate surface area is 152 Å². The molecule has 0 saturated carbocycles. The smallest absolute Gasteiger partial charge is 0.335 e. The molecule has 1 aliphatic heterocycles. The standard InChI is InChI=1S/C20H21NO5/c1-25-17-4-2-3-16(12-17)18-13-21(9-10-26-18)19(22)11-14-5-7-15(8-6-14)20(23)24/h2-8,12,18H,9-11,13H2,1H3,(H,23,24). The number of aromatic carboxylic acids is 1. The Hall–Kier alpha value is -2.86. The Morgan fingerprint density at radius 2 is 2.00 bits per heavy atom. The molecule has 6 heteroatoms. The number of benzene rings is 2. The van der Waals surface area contributed by atoms with Gasteiger partial charge < -0.3 is 19.5 Å². The highest BCUT2D eigenvalue weighted by molar-refractivity contribution is 5.87. The number of ether oxygens (including phenoxy) is 2. The van der Waals surface area contributed by atoms with Gasteiger partial charge in [0.25, 0.3) is 0 Å². The molecule has 2 aromatic carbocycles. The predicted molar refractivity (Wildman–Crippen MR) is 95.4 cm³/mol. The van der Waals surface area contributed by atoms with Crippen LogP contribution in [0.5, 0.6) is 5.75 Å². The molecule has 0 bridgehead atoms. The largest absolute Gasteiger partial charge is 0.497 e. The van der Waals surface area contributed by atoms with Crippen molar-refractivity contribution in [3.8, 4) is 5.75 Å². The van der Waals surface area contributed by atoms with E-state index in [9.17, 15) is 9.59 Å². The van der Waals surface area contributed by atoms with Gasteiger partial charge in [0, 0.05) is 6.54 Å². The van der Waals surface area contributed by atoms with Gasteiger partial charge in [0.1, 0.15) is 11.9 Å². The van der Waals surface area contributed by atoms with E-state index in [1.165, 1.54) is 12.1 Å². The van der Waals surface area contributed by atoms with Gasteiger partial charge in [-0.2, -0.15) is 0 Å². The van der Waals surface area contributed by atoms with Gasteiger partial charge in [-0.3, -0.25) is 4.79 Å². The maximum absolute atomic E-state index is 12.6. The molecule has 0 aromatic heterocycles. The van der Waals surface area contributed by atoms with Crippen molar-refractivity contribution < 1.29 is 24.2 Å². The number of amides is 1. The molecule has 136 valence electrons. The first-order chi connectivity index (χ1) is 12.6. The van der Waals surface area contributed by atoms with E-state index in [1.54, 1.807) is 24.1 Å². The first-order valence-corrected chi connectivity index (χ1v) is 8.42. The molecule has 3 rings (SSSR count). The van der Waals surface area contributed by atoms with E-state index in [-0.39, 0.29) is 24.0 Å². The second-order valence-corrected chi connectivity index (χ2v) is 6.15. The average molecular weight is 355 g/mol. The summed E-state index contributed by atoms with van der Waals surface area (Å²) in [5, 5.41) is 8.94. The van der Waals surface area contributed by atoms with Crippen LogP contribution >= 0.6 is 0 Å². The summed E-state index contributed by atoms with van der Waals surface area (Å²) in [5.74, 6) is -0.213. The fourth-order valence-electron chi connectivity index (χ4n) is 2.97. The molecule has 1 saturated heterocycles. The molecule has 26 heavy (non-hydrogen) atoms. The van der Waals surface area contributed by atoms with Crippen molar-refractivity contribution in [2.75, 3.05) is 26.8 Å². The molecule has 1 N–H and O–H groups in total. The summed E-state index contributed by atoms with van der Waals surface area (Å²) in [4.78, 5) is 25.3. The van der Waals surface area contributed by atoms with Crippen LogP contribution in [-0.4, -0.2) is 48.7 Å². The lowest BCUT2D eigenvalue weighted by Crippen LogP contribution is -2.43. The highest BCUT2D eigenvalue weighted by Crippen LogP contribution is 2.25. The number of carbonyl (C=O) groups is 2. The van der Waals surface area contributed by atoms with Crippen LogP contribution in [0, 0.1) is 0 Å². The monoisotopic (exact) mass is 355 g/mol. The van der Waals surface area contributed by atoms with E-state index in [0.29, 0.717) is 19.7 Å². The first-order valence-electron chi connectivity index (χ1n) is 8.42. The third kappa shape index (κ3) is 4.21. The van der Waals surface area contributed by atoms with Crippen molar-refractivity contribution in [1.82, 2.24) is 4.90 Å². The zero-order valence-corrected chi connectivity index (χ0v) is 14.6. The molecule has 1 aliphatic rings. The van der Waals surface area contributed by atoms with Gasteiger partial charge in [0.15, 0.2) is 0 Å². The van der Waals surface area contributed by atoms with Crippen LogP contribution in [0.1, 0.15) is 27.6 Å². The Morgan fingerprint density at radius 1 is 1.23 bits per heavy atom. The number of hydrogen-bond acceptors (Lipinski definition) is 4. The zero-order valence-electron chi connectivity index (χ0n) is 14.6. The molecule has 6 nitrogen and oxygen atoms in total. The summed E-state index contributed by atoms with van der Waals surface area (Å²) in [7, 11) is 1.62. The van der Waals surface area contributed by atoms with Gasteiger partial charge >= 0.3 is 5.97 Å². The zero-order chi connectivity index (χ0) is 18.5. The predicted octanol–water partition coefficient (Wildman–Crippen LogP) is 2.54. The van der Waals surface area contributed by atoms with Crippen LogP contribution in [0.3, 0.4) is 0 Å². The van der Waals surface area contributed by atoms with Gasteiger partial charge in [0.05, 0.1) is 32.2 Å². The van der Waals surface area contributed by atoms with Crippen molar-refractivity contribution in [2.45, 2.75) is 12.5 Å². The quantitative estimate of drug-likeness (QED) is 0.892. The van der Waals surface area contributed by atoms with E-state index in [1.807, 2.05) is 24.3 Å². The minimum Gasteiger partial charge on any atom is -0.497 e. The van der Waals surface area contributed by atoms with E-state index in [0.717, 1.165) is 16.9 Å². The SMILES string of the molecule is COc1cccc(C2CN(C(=O)Cc3ccc(C(=O)O)cc3)CCO2)c1. The normalized spacial score (nSPS) is 17.0. The highest BCUT2D eigenvalue weighted by Gasteiger charge is 2.25. The highest BCUT2D eigenvalue weighted by atomic mass is 16.5. The van der Waals surface area contributed by atoms with E-state index < -0.39 is 5.97 Å². The van der Waals surface area contributed by atoms with Crippen LogP contribution in [0.4, 0.5) is 0 Å². The second-order valence-electron chi connectivity index (χ2n) is 6.15. The lowest BCUT2D eigenvalue weighted by Gasteiger charge is -2.33. The van der Waals surface area contributed by atoms with E-state index in [2.05, 4.69) is 0 Å². The summed E-state index contributed by atoms with van der Waals surface area (Å²) in [6.45, 7) is 1.51. The average Bonchev–Trinajstić information content (AvgIpc) is 2.68. The van der Waals surface area contributed by atoms with Crippen LogP contribution in [0.25, 0.3) is 0 Å². The molecule has 1 amide bonds. The van der Waals surface area contributed by atoms with Crippen molar-refractivity contribution in [1.29, 1.82) is 0 Å². The molecule has 0 radical (unpaired) electrons. The number of morpholine rings is 1. The number of rotatable bonds is 5. The summed E-state index contributed by atoms with van der Waals surface area (Å²) in [5.41, 5.74) is 1.99. The molecule has 1 unspecified atom stereocenters. The first kappa shape index (κ1) is 17.9. The lowest BCUT2D eigenvalue weighted by atomic mass is 10.1. The van der Waals surface area contributed by atoms with Crippen molar-refractivity contribution in [3.63, 3.8) is 0 Å². The minimum atomic E-state index is -0.975.